The van der Waals surface area contributed by atoms with E-state index < -0.39 is 18.3 Å². The van der Waals surface area contributed by atoms with E-state index in [0.29, 0.717) is 0 Å². The fraction of sp³-hybridized carbons (Fsp3) is 0.467. The summed E-state index contributed by atoms with van der Waals surface area (Å²) in [7, 11) is 1.61. The lowest BCUT2D eigenvalue weighted by Crippen LogP contribution is -2.29. The number of hydrogen-bond donors (Lipinski definition) is 1. The number of carbonyl (C=O) groups excluding carboxylic acids is 1. The number of carboxylic acids is 1. The molecular formula is C15H21NO3. The molecule has 0 unspecified atom stereocenters. The third-order valence-electron chi connectivity index (χ3n) is 3.11. The molecule has 0 radical (unpaired) electrons. The Morgan fingerprint density at radius 1 is 1.26 bits per heavy atom. The van der Waals surface area contributed by atoms with Crippen LogP contribution in [0.5, 0.6) is 0 Å². The predicted octanol–water partition coefficient (Wildman–Crippen LogP) is 2.73. The van der Waals surface area contributed by atoms with Crippen molar-refractivity contribution in [2.75, 3.05) is 11.9 Å². The Morgan fingerprint density at radius 3 is 2.32 bits per heavy atom. The lowest BCUT2D eigenvalue weighted by Gasteiger charge is -2.24. The minimum Gasteiger partial charge on any atom is -0.481 e. The van der Waals surface area contributed by atoms with Gasteiger partial charge in [0.15, 0.2) is 0 Å². The van der Waals surface area contributed by atoms with Gasteiger partial charge in [0, 0.05) is 12.7 Å². The molecular weight excluding hydrogens is 242 g/mol. The quantitative estimate of drug-likeness (QED) is 0.853. The molecule has 0 aliphatic rings. The van der Waals surface area contributed by atoms with Gasteiger partial charge in [-0.25, -0.2) is 0 Å². The van der Waals surface area contributed by atoms with Gasteiger partial charge >= 0.3 is 5.97 Å². The van der Waals surface area contributed by atoms with Crippen LogP contribution < -0.4 is 4.90 Å². The van der Waals surface area contributed by atoms with Crippen LogP contribution in [0, 0.1) is 6.92 Å². The number of aryl methyl sites for hydroxylation is 1. The average Bonchev–Trinajstić information content (AvgIpc) is 2.26. The van der Waals surface area contributed by atoms with Gasteiger partial charge in [0.05, 0.1) is 0 Å². The van der Waals surface area contributed by atoms with E-state index in [1.807, 2.05) is 25.1 Å². The molecule has 0 aliphatic carbocycles. The molecule has 0 bridgehead atoms. The van der Waals surface area contributed by atoms with Crippen LogP contribution >= 0.6 is 0 Å². The summed E-state index contributed by atoms with van der Waals surface area (Å²) in [6, 6.07) is 5.95. The van der Waals surface area contributed by atoms with Gasteiger partial charge in [0.2, 0.25) is 5.91 Å². The van der Waals surface area contributed by atoms with Crippen LogP contribution in [0.3, 0.4) is 0 Å². The van der Waals surface area contributed by atoms with Crippen molar-refractivity contribution >= 4 is 17.6 Å². The topological polar surface area (TPSA) is 57.6 Å². The molecule has 0 aromatic heterocycles. The van der Waals surface area contributed by atoms with Gasteiger partial charge in [0.1, 0.15) is 6.42 Å². The number of carboxylic acid groups (broad SMARTS) is 1. The number of aliphatic carboxylic acids is 1. The third-order valence-corrected chi connectivity index (χ3v) is 3.11. The van der Waals surface area contributed by atoms with E-state index in [2.05, 4.69) is 20.8 Å². The molecule has 1 aromatic carbocycles. The standard InChI is InChI=1S/C15H21NO3/c1-10-6-7-11(15(2,3)4)8-12(10)16(5)13(17)9-14(18)19/h6-8H,9H2,1-5H3,(H,18,19). The SMILES string of the molecule is Cc1ccc(C(C)(C)C)cc1N(C)C(=O)CC(=O)O. The Bertz CT molecular complexity index is 501. The maximum atomic E-state index is 11.8. The molecule has 0 saturated heterocycles. The number of nitrogens with zero attached hydrogens (tertiary/aromatic N) is 1. The van der Waals surface area contributed by atoms with Crippen LogP contribution in [-0.4, -0.2) is 24.0 Å². The fourth-order valence-corrected chi connectivity index (χ4v) is 1.82. The molecule has 0 saturated carbocycles. The van der Waals surface area contributed by atoms with E-state index in [0.717, 1.165) is 16.8 Å². The average molecular weight is 263 g/mol. The monoisotopic (exact) mass is 263 g/mol. The van der Waals surface area contributed by atoms with Crippen LogP contribution in [0.25, 0.3) is 0 Å². The molecule has 0 fully saturated rings. The molecule has 1 rings (SSSR count). The van der Waals surface area contributed by atoms with E-state index >= 15 is 0 Å². The van der Waals surface area contributed by atoms with Crippen LogP contribution in [0.1, 0.15) is 38.3 Å². The molecule has 0 spiro atoms. The van der Waals surface area contributed by atoms with E-state index in [-0.39, 0.29) is 5.41 Å². The molecule has 0 heterocycles. The van der Waals surface area contributed by atoms with Gasteiger partial charge in [-0.15, -0.1) is 0 Å². The highest BCUT2D eigenvalue weighted by atomic mass is 16.4. The van der Waals surface area contributed by atoms with Gasteiger partial charge in [0.25, 0.3) is 0 Å². The minimum atomic E-state index is -1.11. The van der Waals surface area contributed by atoms with E-state index in [1.165, 1.54) is 4.90 Å². The smallest absolute Gasteiger partial charge is 0.312 e. The highest BCUT2D eigenvalue weighted by Crippen LogP contribution is 2.28. The third kappa shape index (κ3) is 3.81. The van der Waals surface area contributed by atoms with Crippen LogP contribution in [0.15, 0.2) is 18.2 Å². The highest BCUT2D eigenvalue weighted by Gasteiger charge is 2.19. The second kappa shape index (κ2) is 5.43. The minimum absolute atomic E-state index is 0.0147. The summed E-state index contributed by atoms with van der Waals surface area (Å²) in [6.07, 6.45) is -0.490. The summed E-state index contributed by atoms with van der Waals surface area (Å²) in [5.74, 6) is -1.52. The van der Waals surface area contributed by atoms with E-state index in [1.54, 1.807) is 7.05 Å². The zero-order valence-electron chi connectivity index (χ0n) is 12.2. The van der Waals surface area contributed by atoms with E-state index in [9.17, 15) is 9.59 Å². The molecule has 0 atom stereocenters. The summed E-state index contributed by atoms with van der Waals surface area (Å²) >= 11 is 0. The van der Waals surface area contributed by atoms with Crippen molar-refractivity contribution in [2.24, 2.45) is 0 Å². The second-order valence-corrected chi connectivity index (χ2v) is 5.77. The Balaban J connectivity index is 3.12. The first-order chi connectivity index (χ1) is 8.62. The number of benzene rings is 1. The normalized spacial score (nSPS) is 11.2. The lowest BCUT2D eigenvalue weighted by atomic mass is 9.86. The maximum absolute atomic E-state index is 11.8. The number of amides is 1. The van der Waals surface area contributed by atoms with Crippen LogP contribution in [-0.2, 0) is 15.0 Å². The fourth-order valence-electron chi connectivity index (χ4n) is 1.82. The second-order valence-electron chi connectivity index (χ2n) is 5.77. The zero-order valence-corrected chi connectivity index (χ0v) is 12.2. The molecule has 0 aliphatic heterocycles. The molecule has 1 N–H and O–H groups in total. The first kappa shape index (κ1) is 15.2. The van der Waals surface area contributed by atoms with E-state index in [4.69, 9.17) is 5.11 Å². The van der Waals surface area contributed by atoms with Crippen molar-refractivity contribution in [1.29, 1.82) is 0 Å². The maximum Gasteiger partial charge on any atom is 0.312 e. The molecule has 1 aromatic rings. The molecule has 19 heavy (non-hydrogen) atoms. The van der Waals surface area contributed by atoms with Crippen molar-refractivity contribution in [3.05, 3.63) is 29.3 Å². The first-order valence-corrected chi connectivity index (χ1v) is 6.22. The number of hydrogen-bond acceptors (Lipinski definition) is 2. The zero-order chi connectivity index (χ0) is 14.8. The number of rotatable bonds is 3. The van der Waals surface area contributed by atoms with Crippen molar-refractivity contribution in [3.63, 3.8) is 0 Å². The summed E-state index contributed by atoms with van der Waals surface area (Å²) in [4.78, 5) is 23.8. The van der Waals surface area contributed by atoms with Crippen molar-refractivity contribution < 1.29 is 14.7 Å². The van der Waals surface area contributed by atoms with Gasteiger partial charge in [-0.05, 0) is 29.5 Å². The summed E-state index contributed by atoms with van der Waals surface area (Å²) in [5, 5.41) is 8.69. The predicted molar refractivity (Wildman–Crippen MR) is 75.5 cm³/mol. The lowest BCUT2D eigenvalue weighted by molar-refractivity contribution is -0.140. The largest absolute Gasteiger partial charge is 0.481 e. The van der Waals surface area contributed by atoms with Crippen molar-refractivity contribution in [1.82, 2.24) is 0 Å². The molecule has 1 amide bonds. The van der Waals surface area contributed by atoms with Crippen molar-refractivity contribution in [3.8, 4) is 0 Å². The summed E-state index contributed by atoms with van der Waals surface area (Å²) in [5.41, 5.74) is 2.81. The Morgan fingerprint density at radius 2 is 1.84 bits per heavy atom. The van der Waals surface area contributed by atoms with Gasteiger partial charge in [-0.2, -0.15) is 0 Å². The molecule has 104 valence electrons. The Kier molecular flexibility index (Phi) is 4.35. The molecule has 4 heteroatoms. The summed E-state index contributed by atoms with van der Waals surface area (Å²) < 4.78 is 0. The van der Waals surface area contributed by atoms with Gasteiger partial charge < -0.3 is 10.0 Å². The number of anilines is 1. The highest BCUT2D eigenvalue weighted by molar-refractivity contribution is 6.03. The van der Waals surface area contributed by atoms with Crippen LogP contribution in [0.4, 0.5) is 5.69 Å². The Hall–Kier alpha value is -1.84. The van der Waals surface area contributed by atoms with Crippen molar-refractivity contribution in [2.45, 2.75) is 39.5 Å². The van der Waals surface area contributed by atoms with Gasteiger partial charge in [-0.3, -0.25) is 9.59 Å². The molecule has 4 nitrogen and oxygen atoms in total. The first-order valence-electron chi connectivity index (χ1n) is 6.22. The number of carbonyl (C=O) groups is 2. The summed E-state index contributed by atoms with van der Waals surface area (Å²) in [6.45, 7) is 8.20. The Labute approximate surface area is 114 Å². The van der Waals surface area contributed by atoms with Crippen LogP contribution in [0.2, 0.25) is 0 Å². The van der Waals surface area contributed by atoms with Gasteiger partial charge in [-0.1, -0.05) is 32.9 Å².